The Morgan fingerprint density at radius 1 is 0.302 bits per heavy atom. The molecule has 1 aliphatic heterocycles. The molecule has 0 spiro atoms. The molecule has 63 heavy (non-hydrogen) atoms. The van der Waals surface area contributed by atoms with E-state index < -0.39 is 8.07 Å². The minimum atomic E-state index is -3.05. The van der Waals surface area contributed by atoms with Gasteiger partial charge >= 0.3 is 0 Å². The van der Waals surface area contributed by atoms with Crippen LogP contribution < -0.4 is 20.7 Å². The fraction of sp³-hybridized carbons (Fsp3) is 0. The van der Waals surface area contributed by atoms with Crippen LogP contribution in [-0.4, -0.2) is 32.2 Å². The summed E-state index contributed by atoms with van der Waals surface area (Å²) in [7, 11) is -3.05. The lowest BCUT2D eigenvalue weighted by Crippen LogP contribution is -2.75. The summed E-state index contributed by atoms with van der Waals surface area (Å²) in [5.74, 6) is 1.74. The Labute approximate surface area is 364 Å². The lowest BCUT2D eigenvalue weighted by molar-refractivity contribution is 0.893. The molecule has 0 unspecified atom stereocenters. The van der Waals surface area contributed by atoms with Gasteiger partial charge in [0.25, 0.3) is 0 Å². The lowest BCUT2D eigenvalue weighted by Gasteiger charge is -2.36. The van der Waals surface area contributed by atoms with Crippen LogP contribution >= 0.6 is 0 Å². The van der Waals surface area contributed by atoms with E-state index in [9.17, 15) is 0 Å². The maximum absolute atomic E-state index is 5.51. The molecular weight excluding hydrogens is 783 g/mol. The molecule has 3 aromatic heterocycles. The van der Waals surface area contributed by atoms with E-state index in [-0.39, 0.29) is 0 Å². The number of benzene rings is 9. The molecule has 0 saturated heterocycles. The summed E-state index contributed by atoms with van der Waals surface area (Å²) in [4.78, 5) is 16.5. The standard InChI is InChI=1S/C57H37N5Si/c1-3-19-39(20-4-1)63(40-21-5-2-6-22-40)53-34-18-13-29-47(53)41-23-7-8-24-42(41)48-36-35-38(37-54(48)63)55-58-56(61-49-30-14-9-25-43(49)44-26-10-15-31-50(44)61)60-57(59-55)62-51-32-16-11-27-45(51)46-28-12-17-33-52(46)62/h1-37H. The van der Waals surface area contributed by atoms with Gasteiger partial charge in [-0.05, 0) is 67.3 Å². The van der Waals surface area contributed by atoms with Crippen LogP contribution in [0.4, 0.5) is 0 Å². The van der Waals surface area contributed by atoms with Crippen molar-refractivity contribution in [2.24, 2.45) is 0 Å². The summed E-state index contributed by atoms with van der Waals surface area (Å²) in [6, 6.07) is 81.5. The van der Waals surface area contributed by atoms with Gasteiger partial charge in [-0.2, -0.15) is 15.0 Å². The number of nitrogens with zero attached hydrogens (tertiary/aromatic N) is 5. The smallest absolute Gasteiger partial charge is 0.240 e. The van der Waals surface area contributed by atoms with Crippen LogP contribution in [0.2, 0.25) is 0 Å². The predicted molar refractivity (Wildman–Crippen MR) is 262 cm³/mol. The maximum Gasteiger partial charge on any atom is 0.240 e. The summed E-state index contributed by atoms with van der Waals surface area (Å²) < 4.78 is 4.41. The zero-order valence-corrected chi connectivity index (χ0v) is 35.1. The second kappa shape index (κ2) is 13.9. The first kappa shape index (κ1) is 35.6. The molecule has 0 fully saturated rings. The van der Waals surface area contributed by atoms with Crippen molar-refractivity contribution >= 4 is 72.4 Å². The monoisotopic (exact) mass is 819 g/mol. The molecular formula is C57H37N5Si. The third-order valence-electron chi connectivity index (χ3n) is 13.1. The molecule has 0 aliphatic carbocycles. The predicted octanol–water partition coefficient (Wildman–Crippen LogP) is 10.8. The molecule has 9 aromatic carbocycles. The largest absolute Gasteiger partial charge is 0.278 e. The average molecular weight is 820 g/mol. The Morgan fingerprint density at radius 2 is 0.683 bits per heavy atom. The SMILES string of the molecule is c1ccc([Si]2(c3ccccc3)c3ccccc3-c3ccccc3-c3ccc(-c4nc(-n5c6ccccc6c6ccccc65)nc(-n5c6ccccc6c6ccccc65)n4)cc32)cc1. The number of para-hydroxylation sites is 4. The van der Waals surface area contributed by atoms with E-state index in [1.165, 1.54) is 43.0 Å². The summed E-state index contributed by atoms with van der Waals surface area (Å²) in [5.41, 5.74) is 10.1. The van der Waals surface area contributed by atoms with Crippen LogP contribution in [0, 0.1) is 0 Å². The molecule has 1 aliphatic rings. The second-order valence-electron chi connectivity index (χ2n) is 16.3. The van der Waals surface area contributed by atoms with Crippen LogP contribution in [0.3, 0.4) is 0 Å². The molecule has 0 saturated carbocycles. The normalized spacial score (nSPS) is 12.9. The van der Waals surface area contributed by atoms with Gasteiger partial charge < -0.3 is 0 Å². The Morgan fingerprint density at radius 3 is 1.16 bits per heavy atom. The maximum atomic E-state index is 5.51. The average Bonchev–Trinajstić information content (AvgIpc) is 3.85. The highest BCUT2D eigenvalue weighted by molar-refractivity contribution is 7.21. The van der Waals surface area contributed by atoms with Crippen LogP contribution in [0.1, 0.15) is 0 Å². The molecule has 12 aromatic rings. The third-order valence-corrected chi connectivity index (χ3v) is 18.0. The van der Waals surface area contributed by atoms with E-state index in [1.807, 2.05) is 0 Å². The van der Waals surface area contributed by atoms with Gasteiger partial charge in [0.15, 0.2) is 13.9 Å². The number of hydrogen-bond acceptors (Lipinski definition) is 3. The fourth-order valence-corrected chi connectivity index (χ4v) is 15.7. The Kier molecular flexibility index (Phi) is 7.86. The van der Waals surface area contributed by atoms with Crippen molar-refractivity contribution in [3.63, 3.8) is 0 Å². The molecule has 294 valence electrons. The molecule has 13 rings (SSSR count). The van der Waals surface area contributed by atoms with Crippen molar-refractivity contribution in [1.82, 2.24) is 24.1 Å². The van der Waals surface area contributed by atoms with Crippen molar-refractivity contribution in [2.45, 2.75) is 0 Å². The van der Waals surface area contributed by atoms with E-state index in [4.69, 9.17) is 15.0 Å². The highest BCUT2D eigenvalue weighted by atomic mass is 28.3. The van der Waals surface area contributed by atoms with Crippen molar-refractivity contribution < 1.29 is 0 Å². The third kappa shape index (κ3) is 5.19. The molecule has 5 nitrogen and oxygen atoms in total. The van der Waals surface area contributed by atoms with E-state index in [1.54, 1.807) is 0 Å². The minimum absolute atomic E-state index is 0.564. The van der Waals surface area contributed by atoms with E-state index in [0.717, 1.165) is 49.2 Å². The number of hydrogen-bond donors (Lipinski definition) is 0. The van der Waals surface area contributed by atoms with Crippen LogP contribution in [0.15, 0.2) is 224 Å². The summed E-state index contributed by atoms with van der Waals surface area (Å²) in [6.45, 7) is 0. The molecule has 4 heterocycles. The minimum Gasteiger partial charge on any atom is -0.278 e. The van der Waals surface area contributed by atoms with Crippen molar-refractivity contribution in [1.29, 1.82) is 0 Å². The van der Waals surface area contributed by atoms with Crippen LogP contribution in [-0.2, 0) is 0 Å². The number of fused-ring (bicyclic) bond motifs is 11. The summed E-state index contributed by atoms with van der Waals surface area (Å²) >= 11 is 0. The molecule has 0 radical (unpaired) electrons. The molecule has 0 amide bonds. The lowest BCUT2D eigenvalue weighted by atomic mass is 9.94. The number of aromatic nitrogens is 5. The van der Waals surface area contributed by atoms with Gasteiger partial charge in [0.2, 0.25) is 11.9 Å². The van der Waals surface area contributed by atoms with Gasteiger partial charge in [-0.3, -0.25) is 9.13 Å². The van der Waals surface area contributed by atoms with Gasteiger partial charge in [0.05, 0.1) is 22.1 Å². The number of rotatable bonds is 5. The molecule has 6 heteroatoms. The fourth-order valence-electron chi connectivity index (χ4n) is 10.5. The quantitative estimate of drug-likeness (QED) is 0.163. The van der Waals surface area contributed by atoms with Crippen LogP contribution in [0.5, 0.6) is 0 Å². The van der Waals surface area contributed by atoms with Gasteiger partial charge in [0, 0.05) is 27.1 Å². The van der Waals surface area contributed by atoms with Crippen molar-refractivity contribution in [3.05, 3.63) is 224 Å². The highest BCUT2D eigenvalue weighted by Gasteiger charge is 2.46. The molecule has 0 bridgehead atoms. The Bertz CT molecular complexity index is 3480. The van der Waals surface area contributed by atoms with E-state index >= 15 is 0 Å². The van der Waals surface area contributed by atoms with E-state index in [0.29, 0.717) is 17.7 Å². The second-order valence-corrected chi connectivity index (χ2v) is 20.1. The molecule has 0 N–H and O–H groups in total. The Balaban J connectivity index is 1.16. The summed E-state index contributed by atoms with van der Waals surface area (Å²) in [5, 5.41) is 9.90. The topological polar surface area (TPSA) is 48.5 Å². The first-order valence-corrected chi connectivity index (χ1v) is 23.5. The molecule has 0 atom stereocenters. The first-order valence-electron chi connectivity index (χ1n) is 21.5. The first-order chi connectivity index (χ1) is 31.3. The van der Waals surface area contributed by atoms with E-state index in [2.05, 4.69) is 234 Å². The van der Waals surface area contributed by atoms with Gasteiger partial charge in [-0.25, -0.2) is 0 Å². The van der Waals surface area contributed by atoms with Gasteiger partial charge in [-0.15, -0.1) is 0 Å². The zero-order valence-electron chi connectivity index (χ0n) is 34.1. The Hall–Kier alpha value is -8.19. The summed E-state index contributed by atoms with van der Waals surface area (Å²) in [6.07, 6.45) is 0. The van der Waals surface area contributed by atoms with Crippen molar-refractivity contribution in [2.75, 3.05) is 0 Å². The van der Waals surface area contributed by atoms with Crippen molar-refractivity contribution in [3.8, 4) is 45.5 Å². The zero-order chi connectivity index (χ0) is 41.5. The van der Waals surface area contributed by atoms with Crippen LogP contribution in [0.25, 0.3) is 89.2 Å². The van der Waals surface area contributed by atoms with Gasteiger partial charge in [-0.1, -0.05) is 200 Å². The highest BCUT2D eigenvalue weighted by Crippen LogP contribution is 2.38. The van der Waals surface area contributed by atoms with Gasteiger partial charge in [0.1, 0.15) is 0 Å².